The van der Waals surface area contributed by atoms with Gasteiger partial charge in [0.15, 0.2) is 0 Å². The number of aliphatic carboxylic acids is 1. The number of hydrogen-bond donors (Lipinski definition) is 1. The summed E-state index contributed by atoms with van der Waals surface area (Å²) in [5.41, 5.74) is 0.701. The molecule has 0 unspecified atom stereocenters. The molecule has 4 heteroatoms. The zero-order valence-corrected chi connectivity index (χ0v) is 6.74. The van der Waals surface area contributed by atoms with Crippen molar-refractivity contribution in [1.29, 1.82) is 0 Å². The molecule has 12 heavy (non-hydrogen) atoms. The van der Waals surface area contributed by atoms with Gasteiger partial charge < -0.3 is 9.84 Å². The molecule has 0 aromatic heterocycles. The highest BCUT2D eigenvalue weighted by molar-refractivity contribution is 5.90. The highest BCUT2D eigenvalue weighted by atomic mass is 16.5. The Kier molecular flexibility index (Phi) is 4.45. The second-order valence-electron chi connectivity index (χ2n) is 2.24. The van der Waals surface area contributed by atoms with Gasteiger partial charge in [-0.15, -0.1) is 0 Å². The summed E-state index contributed by atoms with van der Waals surface area (Å²) in [4.78, 5) is 20.6. The van der Waals surface area contributed by atoms with Crippen LogP contribution in [0.5, 0.6) is 0 Å². The first kappa shape index (κ1) is 10.4. The van der Waals surface area contributed by atoms with Crippen LogP contribution in [0.3, 0.4) is 0 Å². The van der Waals surface area contributed by atoms with E-state index in [0.717, 1.165) is 12.2 Å². The van der Waals surface area contributed by atoms with Crippen LogP contribution in [-0.4, -0.2) is 23.7 Å². The van der Waals surface area contributed by atoms with Crippen molar-refractivity contribution in [2.45, 2.75) is 6.92 Å². The molecule has 0 atom stereocenters. The van der Waals surface area contributed by atoms with E-state index in [1.165, 1.54) is 0 Å². The van der Waals surface area contributed by atoms with E-state index >= 15 is 0 Å². The molecule has 0 fully saturated rings. The second kappa shape index (κ2) is 5.12. The van der Waals surface area contributed by atoms with E-state index in [4.69, 9.17) is 5.11 Å². The quantitative estimate of drug-likeness (QED) is 0.384. The molecule has 0 aromatic carbocycles. The van der Waals surface area contributed by atoms with Crippen LogP contribution in [0.25, 0.3) is 0 Å². The van der Waals surface area contributed by atoms with Gasteiger partial charge in [0.1, 0.15) is 6.61 Å². The van der Waals surface area contributed by atoms with Crippen molar-refractivity contribution in [2.75, 3.05) is 6.61 Å². The van der Waals surface area contributed by atoms with Crippen LogP contribution in [0.15, 0.2) is 24.3 Å². The summed E-state index contributed by atoms with van der Waals surface area (Å²) >= 11 is 0. The predicted octanol–water partition coefficient (Wildman–Crippen LogP) is 0.746. The van der Waals surface area contributed by atoms with E-state index in [1.807, 2.05) is 0 Å². The first-order valence-corrected chi connectivity index (χ1v) is 3.24. The Balaban J connectivity index is 3.75. The molecular formula is C8H10O4. The smallest absolute Gasteiger partial charge is 0.331 e. The van der Waals surface area contributed by atoms with Gasteiger partial charge in [0.05, 0.1) is 0 Å². The molecule has 0 aliphatic heterocycles. The number of rotatable bonds is 4. The van der Waals surface area contributed by atoms with Crippen LogP contribution >= 0.6 is 0 Å². The maximum absolute atomic E-state index is 10.6. The largest absolute Gasteiger partial charge is 0.478 e. The molecule has 0 aliphatic rings. The number of esters is 1. The minimum absolute atomic E-state index is 0.114. The van der Waals surface area contributed by atoms with E-state index in [2.05, 4.69) is 11.3 Å². The van der Waals surface area contributed by atoms with Gasteiger partial charge in [0.25, 0.3) is 0 Å². The molecule has 0 saturated carbocycles. The number of carbonyl (C=O) groups is 2. The third-order valence-electron chi connectivity index (χ3n) is 0.823. The lowest BCUT2D eigenvalue weighted by atomic mass is 10.4. The number of ether oxygens (including phenoxy) is 1. The Morgan fingerprint density at radius 3 is 2.50 bits per heavy atom. The monoisotopic (exact) mass is 170 g/mol. The third kappa shape index (κ3) is 6.54. The first-order chi connectivity index (χ1) is 5.52. The molecule has 0 aromatic rings. The molecular weight excluding hydrogens is 160 g/mol. The Morgan fingerprint density at radius 1 is 1.50 bits per heavy atom. The van der Waals surface area contributed by atoms with E-state index in [-0.39, 0.29) is 6.61 Å². The van der Waals surface area contributed by atoms with Gasteiger partial charge in [-0.05, 0) is 12.5 Å². The molecule has 0 radical (unpaired) electrons. The standard InChI is InChI=1S/C8H10O4/c1-6(2)5-12-8(11)4-3-7(9)10/h3-4H,1,5H2,2H3,(H,9,10). The Hall–Kier alpha value is -1.58. The second-order valence-corrected chi connectivity index (χ2v) is 2.24. The fraction of sp³-hybridized carbons (Fsp3) is 0.250. The number of hydrogen-bond acceptors (Lipinski definition) is 3. The summed E-state index contributed by atoms with van der Waals surface area (Å²) in [6.07, 6.45) is 1.58. The van der Waals surface area contributed by atoms with Gasteiger partial charge in [-0.3, -0.25) is 0 Å². The molecule has 0 bridgehead atoms. The number of carboxylic acid groups (broad SMARTS) is 1. The van der Waals surface area contributed by atoms with Crippen LogP contribution in [0.4, 0.5) is 0 Å². The van der Waals surface area contributed by atoms with Crippen LogP contribution in [0.1, 0.15) is 6.92 Å². The van der Waals surface area contributed by atoms with Crippen molar-refractivity contribution in [1.82, 2.24) is 0 Å². The average molecular weight is 170 g/mol. The molecule has 0 amide bonds. The van der Waals surface area contributed by atoms with E-state index in [1.54, 1.807) is 6.92 Å². The predicted molar refractivity (Wildman–Crippen MR) is 42.5 cm³/mol. The van der Waals surface area contributed by atoms with Crippen LogP contribution in [0, 0.1) is 0 Å². The highest BCUT2D eigenvalue weighted by Gasteiger charge is 1.97. The fourth-order valence-electron chi connectivity index (χ4n) is 0.382. The van der Waals surface area contributed by atoms with Crippen LogP contribution in [-0.2, 0) is 14.3 Å². The van der Waals surface area contributed by atoms with Crippen molar-refractivity contribution in [2.24, 2.45) is 0 Å². The summed E-state index contributed by atoms with van der Waals surface area (Å²) in [6.45, 7) is 5.32. The van der Waals surface area contributed by atoms with Crippen molar-refractivity contribution < 1.29 is 19.4 Å². The summed E-state index contributed by atoms with van der Waals surface area (Å²) in [6, 6.07) is 0. The van der Waals surface area contributed by atoms with Gasteiger partial charge in [-0.2, -0.15) is 0 Å². The highest BCUT2D eigenvalue weighted by Crippen LogP contribution is 1.89. The van der Waals surface area contributed by atoms with Crippen LogP contribution < -0.4 is 0 Å². The lowest BCUT2D eigenvalue weighted by Gasteiger charge is -1.98. The summed E-state index contributed by atoms with van der Waals surface area (Å²) in [5, 5.41) is 8.13. The molecule has 0 saturated heterocycles. The molecule has 0 heterocycles. The lowest BCUT2D eigenvalue weighted by Crippen LogP contribution is -2.03. The number of carboxylic acids is 1. The maximum Gasteiger partial charge on any atom is 0.331 e. The van der Waals surface area contributed by atoms with Gasteiger partial charge in [0.2, 0.25) is 0 Å². The van der Waals surface area contributed by atoms with Crippen LogP contribution in [0.2, 0.25) is 0 Å². The van der Waals surface area contributed by atoms with Gasteiger partial charge >= 0.3 is 11.9 Å². The molecule has 4 nitrogen and oxygen atoms in total. The van der Waals surface area contributed by atoms with Crippen molar-refractivity contribution in [3.05, 3.63) is 24.3 Å². The number of carbonyl (C=O) groups excluding carboxylic acids is 1. The first-order valence-electron chi connectivity index (χ1n) is 3.24. The molecule has 0 rings (SSSR count). The maximum atomic E-state index is 10.6. The topological polar surface area (TPSA) is 63.6 Å². The van der Waals surface area contributed by atoms with Crippen molar-refractivity contribution in [3.8, 4) is 0 Å². The van der Waals surface area contributed by atoms with Gasteiger partial charge in [0, 0.05) is 12.2 Å². The van der Waals surface area contributed by atoms with E-state index < -0.39 is 11.9 Å². The third-order valence-corrected chi connectivity index (χ3v) is 0.823. The summed E-state index contributed by atoms with van der Waals surface area (Å²) in [5.74, 6) is -1.86. The molecule has 0 spiro atoms. The zero-order valence-electron chi connectivity index (χ0n) is 6.74. The lowest BCUT2D eigenvalue weighted by molar-refractivity contribution is -0.137. The van der Waals surface area contributed by atoms with E-state index in [0.29, 0.717) is 5.57 Å². The zero-order chi connectivity index (χ0) is 9.56. The average Bonchev–Trinajstić information content (AvgIpc) is 1.96. The Labute approximate surface area is 70.1 Å². The molecule has 66 valence electrons. The minimum Gasteiger partial charge on any atom is -0.478 e. The molecule has 0 aliphatic carbocycles. The molecule has 1 N–H and O–H groups in total. The Morgan fingerprint density at radius 2 is 2.08 bits per heavy atom. The fourth-order valence-corrected chi connectivity index (χ4v) is 0.382. The van der Waals surface area contributed by atoms with Gasteiger partial charge in [-0.1, -0.05) is 6.58 Å². The van der Waals surface area contributed by atoms with Gasteiger partial charge in [-0.25, -0.2) is 9.59 Å². The SMILES string of the molecule is C=C(C)COC(=O)C=CC(=O)O. The Bertz CT molecular complexity index is 227. The summed E-state index contributed by atoms with van der Waals surface area (Å²) < 4.78 is 4.57. The van der Waals surface area contributed by atoms with Crippen molar-refractivity contribution in [3.63, 3.8) is 0 Å². The van der Waals surface area contributed by atoms with E-state index in [9.17, 15) is 9.59 Å². The summed E-state index contributed by atoms with van der Waals surface area (Å²) in [7, 11) is 0. The normalized spacial score (nSPS) is 9.75. The minimum atomic E-state index is -1.18. The van der Waals surface area contributed by atoms with Crippen molar-refractivity contribution >= 4 is 11.9 Å².